The first kappa shape index (κ1) is 15.8. The Balaban J connectivity index is 2.27. The van der Waals surface area contributed by atoms with E-state index in [0.717, 1.165) is 14.7 Å². The molecule has 106 valence electrons. The number of aryl methyl sites for hydroxylation is 1. The third-order valence-electron chi connectivity index (χ3n) is 2.81. The van der Waals surface area contributed by atoms with Gasteiger partial charge in [-0.15, -0.1) is 0 Å². The van der Waals surface area contributed by atoms with E-state index in [2.05, 4.69) is 43.2 Å². The molecular formula is C14H13BrINO2S. The van der Waals surface area contributed by atoms with Crippen molar-refractivity contribution < 1.29 is 8.42 Å². The summed E-state index contributed by atoms with van der Waals surface area (Å²) >= 11 is 5.52. The highest BCUT2D eigenvalue weighted by atomic mass is 127. The molecule has 0 saturated heterocycles. The maximum absolute atomic E-state index is 12.3. The van der Waals surface area contributed by atoms with Crippen molar-refractivity contribution in [2.24, 2.45) is 0 Å². The lowest BCUT2D eigenvalue weighted by molar-refractivity contribution is 0.601. The number of rotatable bonds is 4. The molecule has 0 amide bonds. The summed E-state index contributed by atoms with van der Waals surface area (Å²) in [7, 11) is -3.54. The zero-order valence-corrected chi connectivity index (χ0v) is 15.3. The third-order valence-corrected chi connectivity index (χ3v) is 6.02. The molecule has 3 nitrogen and oxygen atoms in total. The molecular weight excluding hydrogens is 453 g/mol. The minimum absolute atomic E-state index is 0.262. The van der Waals surface area contributed by atoms with Gasteiger partial charge in [-0.3, -0.25) is 4.72 Å². The summed E-state index contributed by atoms with van der Waals surface area (Å²) in [5.74, 6) is 0. The van der Waals surface area contributed by atoms with Crippen LogP contribution < -0.4 is 4.72 Å². The Morgan fingerprint density at radius 3 is 2.35 bits per heavy atom. The van der Waals surface area contributed by atoms with Crippen molar-refractivity contribution in [2.45, 2.75) is 17.1 Å². The van der Waals surface area contributed by atoms with Gasteiger partial charge >= 0.3 is 0 Å². The third kappa shape index (κ3) is 3.73. The molecule has 0 aliphatic heterocycles. The summed E-state index contributed by atoms with van der Waals surface area (Å²) in [6.07, 6.45) is 0. The lowest BCUT2D eigenvalue weighted by Gasteiger charge is -2.09. The maximum Gasteiger partial charge on any atom is 0.261 e. The number of alkyl halides is 1. The number of nitrogens with one attached hydrogen (secondary N) is 1. The first-order valence-corrected chi connectivity index (χ1v) is 9.54. The Hall–Kier alpha value is -0.600. The van der Waals surface area contributed by atoms with Crippen LogP contribution >= 0.6 is 38.5 Å². The van der Waals surface area contributed by atoms with Gasteiger partial charge in [0.05, 0.1) is 4.90 Å². The SMILES string of the molecule is Cc1ccc(NS(=O)(=O)c2ccc(CBr)cc2)cc1I. The van der Waals surface area contributed by atoms with Gasteiger partial charge in [0, 0.05) is 14.6 Å². The van der Waals surface area contributed by atoms with Gasteiger partial charge in [-0.05, 0) is 64.9 Å². The monoisotopic (exact) mass is 465 g/mol. The average Bonchev–Trinajstić information content (AvgIpc) is 2.43. The number of sulfonamides is 1. The molecule has 0 spiro atoms. The van der Waals surface area contributed by atoms with E-state index in [0.29, 0.717) is 11.0 Å². The van der Waals surface area contributed by atoms with Crippen molar-refractivity contribution in [3.8, 4) is 0 Å². The predicted molar refractivity (Wildman–Crippen MR) is 93.8 cm³/mol. The Morgan fingerprint density at radius 2 is 1.80 bits per heavy atom. The van der Waals surface area contributed by atoms with Gasteiger partial charge < -0.3 is 0 Å². The van der Waals surface area contributed by atoms with Crippen LogP contribution in [0.3, 0.4) is 0 Å². The van der Waals surface area contributed by atoms with E-state index in [-0.39, 0.29) is 4.90 Å². The summed E-state index contributed by atoms with van der Waals surface area (Å²) in [6, 6.07) is 12.3. The highest BCUT2D eigenvalue weighted by molar-refractivity contribution is 14.1. The van der Waals surface area contributed by atoms with Crippen molar-refractivity contribution in [1.29, 1.82) is 0 Å². The van der Waals surface area contributed by atoms with Gasteiger partial charge in [0.2, 0.25) is 0 Å². The largest absolute Gasteiger partial charge is 0.280 e. The fraction of sp³-hybridized carbons (Fsp3) is 0.143. The van der Waals surface area contributed by atoms with Gasteiger partial charge in [0.15, 0.2) is 0 Å². The van der Waals surface area contributed by atoms with Gasteiger partial charge in [0.1, 0.15) is 0 Å². The Labute approximate surface area is 141 Å². The maximum atomic E-state index is 12.3. The second-order valence-corrected chi connectivity index (χ2v) is 7.75. The molecule has 0 aliphatic carbocycles. The van der Waals surface area contributed by atoms with Crippen molar-refractivity contribution in [2.75, 3.05) is 4.72 Å². The quantitative estimate of drug-likeness (QED) is 0.540. The summed E-state index contributed by atoms with van der Waals surface area (Å²) in [5.41, 5.74) is 2.73. The average molecular weight is 466 g/mol. The van der Waals surface area contributed by atoms with Crippen LogP contribution in [-0.4, -0.2) is 8.42 Å². The van der Waals surface area contributed by atoms with Gasteiger partial charge in [-0.1, -0.05) is 34.1 Å². The molecule has 0 aromatic heterocycles. The van der Waals surface area contributed by atoms with Gasteiger partial charge in [0.25, 0.3) is 10.0 Å². The Bertz CT molecular complexity index is 714. The number of hydrogen-bond donors (Lipinski definition) is 1. The van der Waals surface area contributed by atoms with Crippen molar-refractivity contribution in [3.63, 3.8) is 0 Å². The first-order valence-electron chi connectivity index (χ1n) is 5.86. The molecule has 0 bridgehead atoms. The van der Waals surface area contributed by atoms with E-state index < -0.39 is 10.0 Å². The first-order chi connectivity index (χ1) is 9.42. The van der Waals surface area contributed by atoms with E-state index >= 15 is 0 Å². The molecule has 0 heterocycles. The van der Waals surface area contributed by atoms with Crippen LogP contribution in [0.15, 0.2) is 47.4 Å². The lowest BCUT2D eigenvalue weighted by atomic mass is 10.2. The van der Waals surface area contributed by atoms with Crippen molar-refractivity contribution in [3.05, 3.63) is 57.2 Å². The standard InChI is InChI=1S/C14H13BrINO2S/c1-10-2-5-12(8-14(10)16)17-20(18,19)13-6-3-11(9-15)4-7-13/h2-8,17H,9H2,1H3. The summed E-state index contributed by atoms with van der Waals surface area (Å²) in [5, 5.41) is 0.705. The molecule has 2 rings (SSSR count). The van der Waals surface area contributed by atoms with Crippen LogP contribution in [0.4, 0.5) is 5.69 Å². The molecule has 0 unspecified atom stereocenters. The Kier molecular flexibility index (Phi) is 5.09. The molecule has 0 fully saturated rings. The fourth-order valence-corrected chi connectivity index (χ4v) is 3.57. The minimum atomic E-state index is -3.54. The second kappa shape index (κ2) is 6.44. The van der Waals surface area contributed by atoms with E-state index in [9.17, 15) is 8.42 Å². The summed E-state index contributed by atoms with van der Waals surface area (Å²) in [6.45, 7) is 1.99. The van der Waals surface area contributed by atoms with E-state index in [1.54, 1.807) is 30.3 Å². The lowest BCUT2D eigenvalue weighted by Crippen LogP contribution is -2.13. The molecule has 2 aromatic rings. The van der Waals surface area contributed by atoms with Crippen LogP contribution in [0, 0.1) is 10.5 Å². The number of halogens is 2. The number of benzene rings is 2. The topological polar surface area (TPSA) is 46.2 Å². The normalized spacial score (nSPS) is 11.3. The molecule has 0 saturated carbocycles. The molecule has 20 heavy (non-hydrogen) atoms. The second-order valence-electron chi connectivity index (χ2n) is 4.35. The smallest absolute Gasteiger partial charge is 0.261 e. The number of hydrogen-bond acceptors (Lipinski definition) is 2. The molecule has 0 atom stereocenters. The van der Waals surface area contributed by atoms with E-state index in [4.69, 9.17) is 0 Å². The van der Waals surface area contributed by atoms with Crippen molar-refractivity contribution in [1.82, 2.24) is 0 Å². The summed E-state index contributed by atoms with van der Waals surface area (Å²) < 4.78 is 28.2. The highest BCUT2D eigenvalue weighted by Gasteiger charge is 2.14. The molecule has 0 radical (unpaired) electrons. The van der Waals surface area contributed by atoms with Crippen LogP contribution in [0.25, 0.3) is 0 Å². The van der Waals surface area contributed by atoms with Crippen molar-refractivity contribution >= 4 is 54.2 Å². The molecule has 6 heteroatoms. The molecule has 2 aromatic carbocycles. The van der Waals surface area contributed by atoms with E-state index in [1.807, 2.05) is 19.1 Å². The molecule has 1 N–H and O–H groups in total. The Morgan fingerprint density at radius 1 is 1.15 bits per heavy atom. The summed E-state index contributed by atoms with van der Waals surface area (Å²) in [4.78, 5) is 0.262. The predicted octanol–water partition coefficient (Wildman–Crippen LogP) is 4.30. The van der Waals surface area contributed by atoms with Crippen LogP contribution in [-0.2, 0) is 15.4 Å². The van der Waals surface area contributed by atoms with E-state index in [1.165, 1.54) is 0 Å². The zero-order chi connectivity index (χ0) is 14.8. The number of anilines is 1. The minimum Gasteiger partial charge on any atom is -0.280 e. The van der Waals surface area contributed by atoms with Gasteiger partial charge in [-0.25, -0.2) is 8.42 Å². The molecule has 0 aliphatic rings. The fourth-order valence-electron chi connectivity index (χ4n) is 1.63. The van der Waals surface area contributed by atoms with Crippen LogP contribution in [0.2, 0.25) is 0 Å². The zero-order valence-electron chi connectivity index (χ0n) is 10.7. The highest BCUT2D eigenvalue weighted by Crippen LogP contribution is 2.21. The van der Waals surface area contributed by atoms with Crippen LogP contribution in [0.5, 0.6) is 0 Å². The van der Waals surface area contributed by atoms with Crippen LogP contribution in [0.1, 0.15) is 11.1 Å². The van der Waals surface area contributed by atoms with Gasteiger partial charge in [-0.2, -0.15) is 0 Å².